The first-order chi connectivity index (χ1) is 14.0. The number of ether oxygens (including phenoxy) is 2. The van der Waals surface area contributed by atoms with Gasteiger partial charge in [-0.15, -0.1) is 0 Å². The van der Waals surface area contributed by atoms with Crippen molar-refractivity contribution in [3.05, 3.63) is 24.3 Å². The van der Waals surface area contributed by atoms with E-state index in [-0.39, 0.29) is 18.9 Å². The van der Waals surface area contributed by atoms with Crippen molar-refractivity contribution >= 4 is 11.9 Å². The summed E-state index contributed by atoms with van der Waals surface area (Å²) in [5.74, 6) is -1.17. The zero-order valence-corrected chi connectivity index (χ0v) is 17.8. The average molecular weight is 409 g/mol. The highest BCUT2D eigenvalue weighted by Gasteiger charge is 2.27. The zero-order valence-electron chi connectivity index (χ0n) is 17.8. The van der Waals surface area contributed by atoms with Crippen LogP contribution >= 0.6 is 0 Å². The number of rotatable bonds is 17. The molecule has 0 aromatic heterocycles. The lowest BCUT2D eigenvalue weighted by Crippen LogP contribution is -2.34. The zero-order chi connectivity index (χ0) is 21.5. The van der Waals surface area contributed by atoms with Crippen LogP contribution in [-0.4, -0.2) is 34.9 Å². The third-order valence-corrected chi connectivity index (χ3v) is 4.92. The van der Waals surface area contributed by atoms with E-state index in [4.69, 9.17) is 14.6 Å². The first-order valence-corrected chi connectivity index (χ1v) is 10.8. The van der Waals surface area contributed by atoms with Crippen LogP contribution in [0.5, 0.6) is 11.5 Å². The van der Waals surface area contributed by atoms with Gasteiger partial charge in [-0.2, -0.15) is 0 Å². The molecular weight excluding hydrogens is 372 g/mol. The van der Waals surface area contributed by atoms with Crippen molar-refractivity contribution in [2.45, 2.75) is 84.2 Å². The first-order valence-electron chi connectivity index (χ1n) is 10.8. The highest BCUT2D eigenvalue weighted by molar-refractivity contribution is 5.73. The number of carboxylic acid groups (broad SMARTS) is 2. The molecule has 0 spiro atoms. The Labute approximate surface area is 174 Å². The fourth-order valence-electron chi connectivity index (χ4n) is 3.19. The number of benzene rings is 1. The van der Waals surface area contributed by atoms with Crippen LogP contribution in [0.25, 0.3) is 0 Å². The topological polar surface area (TPSA) is 93.1 Å². The highest BCUT2D eigenvalue weighted by Crippen LogP contribution is 2.30. The molecule has 2 atom stereocenters. The molecule has 6 heteroatoms. The monoisotopic (exact) mass is 408 g/mol. The lowest BCUT2D eigenvalue weighted by atomic mass is 9.96. The summed E-state index contributed by atoms with van der Waals surface area (Å²) in [7, 11) is 0. The lowest BCUT2D eigenvalue weighted by molar-refractivity contribution is -0.147. The summed E-state index contributed by atoms with van der Waals surface area (Å²) >= 11 is 0. The van der Waals surface area contributed by atoms with E-state index >= 15 is 0 Å². The molecule has 0 radical (unpaired) electrons. The largest absolute Gasteiger partial charge is 0.490 e. The van der Waals surface area contributed by atoms with Crippen LogP contribution in [-0.2, 0) is 9.59 Å². The van der Waals surface area contributed by atoms with E-state index in [1.807, 2.05) is 6.92 Å². The van der Waals surface area contributed by atoms with Gasteiger partial charge < -0.3 is 19.7 Å². The minimum Gasteiger partial charge on any atom is -0.490 e. The van der Waals surface area contributed by atoms with E-state index in [0.717, 1.165) is 19.3 Å². The van der Waals surface area contributed by atoms with Gasteiger partial charge in [-0.25, -0.2) is 4.79 Å². The minimum atomic E-state index is -0.985. The van der Waals surface area contributed by atoms with Crippen molar-refractivity contribution in [1.29, 1.82) is 0 Å². The Balaban J connectivity index is 2.53. The van der Waals surface area contributed by atoms with Crippen LogP contribution in [0.3, 0.4) is 0 Å². The standard InChI is InChI=1S/C23H36O6/c1-3-4-5-6-7-8-9-13-18(2)22(23(26)27)29-20-15-11-10-14-19(20)28-17-12-16-21(24)25/h10-11,14-15,18,22H,3-9,12-13,16-17H2,1-2H3,(H,24,25)(H,26,27). The van der Waals surface area contributed by atoms with Gasteiger partial charge in [-0.05, 0) is 25.0 Å². The molecule has 1 aromatic carbocycles. The van der Waals surface area contributed by atoms with Crippen LogP contribution in [0, 0.1) is 5.92 Å². The SMILES string of the molecule is CCCCCCCCCC(C)C(Oc1ccccc1OCCCC(=O)O)C(=O)O. The summed E-state index contributed by atoms with van der Waals surface area (Å²) in [6, 6.07) is 6.93. The molecule has 2 unspecified atom stereocenters. The summed E-state index contributed by atoms with van der Waals surface area (Å²) in [6.45, 7) is 4.34. The number of unbranched alkanes of at least 4 members (excludes halogenated alkanes) is 6. The van der Waals surface area contributed by atoms with E-state index < -0.39 is 18.0 Å². The van der Waals surface area contributed by atoms with Gasteiger partial charge in [0.1, 0.15) is 0 Å². The molecule has 0 bridgehead atoms. The smallest absolute Gasteiger partial charge is 0.345 e. The maximum atomic E-state index is 11.8. The van der Waals surface area contributed by atoms with E-state index in [1.165, 1.54) is 32.1 Å². The van der Waals surface area contributed by atoms with Crippen molar-refractivity contribution < 1.29 is 29.3 Å². The number of hydrogen-bond acceptors (Lipinski definition) is 4. The van der Waals surface area contributed by atoms with E-state index in [1.54, 1.807) is 24.3 Å². The predicted molar refractivity (Wildman–Crippen MR) is 113 cm³/mol. The van der Waals surface area contributed by atoms with E-state index in [2.05, 4.69) is 6.92 Å². The summed E-state index contributed by atoms with van der Waals surface area (Å²) < 4.78 is 11.4. The van der Waals surface area contributed by atoms with E-state index in [9.17, 15) is 14.7 Å². The molecule has 0 saturated heterocycles. The first kappa shape index (κ1) is 24.8. The number of hydrogen-bond donors (Lipinski definition) is 2. The van der Waals surface area contributed by atoms with Crippen molar-refractivity contribution in [1.82, 2.24) is 0 Å². The van der Waals surface area contributed by atoms with Crippen molar-refractivity contribution in [2.24, 2.45) is 5.92 Å². The van der Waals surface area contributed by atoms with Crippen molar-refractivity contribution in [2.75, 3.05) is 6.61 Å². The molecule has 1 rings (SSSR count). The van der Waals surface area contributed by atoms with Gasteiger partial charge in [0.2, 0.25) is 0 Å². The molecule has 0 heterocycles. The summed E-state index contributed by atoms with van der Waals surface area (Å²) in [5, 5.41) is 18.3. The van der Waals surface area contributed by atoms with Crippen molar-refractivity contribution in [3.8, 4) is 11.5 Å². The fourth-order valence-corrected chi connectivity index (χ4v) is 3.19. The predicted octanol–water partition coefficient (Wildman–Crippen LogP) is 5.54. The molecule has 0 aliphatic heterocycles. The molecule has 0 aliphatic rings. The molecule has 0 amide bonds. The van der Waals surface area contributed by atoms with Gasteiger partial charge in [0.15, 0.2) is 17.6 Å². The molecule has 2 N–H and O–H groups in total. The molecule has 0 saturated carbocycles. The van der Waals surface area contributed by atoms with Crippen molar-refractivity contribution in [3.63, 3.8) is 0 Å². The van der Waals surface area contributed by atoms with E-state index in [0.29, 0.717) is 17.9 Å². The molecular formula is C23H36O6. The molecule has 29 heavy (non-hydrogen) atoms. The van der Waals surface area contributed by atoms with Gasteiger partial charge in [-0.3, -0.25) is 4.79 Å². The number of para-hydroxylation sites is 2. The second kappa shape index (κ2) is 14.7. The van der Waals surface area contributed by atoms with Gasteiger partial charge in [0.25, 0.3) is 0 Å². The highest BCUT2D eigenvalue weighted by atomic mass is 16.5. The Kier molecular flexibility index (Phi) is 12.6. The Morgan fingerprint density at radius 1 is 0.931 bits per heavy atom. The maximum Gasteiger partial charge on any atom is 0.345 e. The van der Waals surface area contributed by atoms with Gasteiger partial charge in [-0.1, -0.05) is 70.9 Å². The Morgan fingerprint density at radius 3 is 2.17 bits per heavy atom. The lowest BCUT2D eigenvalue weighted by Gasteiger charge is -2.23. The Hall–Kier alpha value is -2.24. The summed E-state index contributed by atoms with van der Waals surface area (Å²) in [5.41, 5.74) is 0. The third-order valence-electron chi connectivity index (χ3n) is 4.92. The second-order valence-electron chi connectivity index (χ2n) is 7.56. The molecule has 1 aromatic rings. The minimum absolute atomic E-state index is 0.0241. The normalized spacial score (nSPS) is 12.9. The Morgan fingerprint density at radius 2 is 1.55 bits per heavy atom. The third kappa shape index (κ3) is 10.8. The fraction of sp³-hybridized carbons (Fsp3) is 0.652. The molecule has 6 nitrogen and oxygen atoms in total. The van der Waals surface area contributed by atoms with Crippen LogP contribution in [0.15, 0.2) is 24.3 Å². The van der Waals surface area contributed by atoms with Gasteiger partial charge in [0, 0.05) is 12.3 Å². The quantitative estimate of drug-likeness (QED) is 0.329. The van der Waals surface area contributed by atoms with Crippen LogP contribution < -0.4 is 9.47 Å². The number of carbonyl (C=O) groups is 2. The van der Waals surface area contributed by atoms with Crippen LogP contribution in [0.2, 0.25) is 0 Å². The molecule has 164 valence electrons. The summed E-state index contributed by atoms with van der Waals surface area (Å²) in [6.07, 6.45) is 8.59. The molecule has 0 aliphatic carbocycles. The maximum absolute atomic E-state index is 11.8. The Bertz CT molecular complexity index is 601. The van der Waals surface area contributed by atoms with Crippen LogP contribution in [0.4, 0.5) is 0 Å². The van der Waals surface area contributed by atoms with Crippen LogP contribution in [0.1, 0.15) is 78.1 Å². The summed E-state index contributed by atoms with van der Waals surface area (Å²) in [4.78, 5) is 22.4. The number of aliphatic carboxylic acids is 2. The average Bonchev–Trinajstić information content (AvgIpc) is 2.69. The molecule has 0 fully saturated rings. The van der Waals surface area contributed by atoms with Gasteiger partial charge in [0.05, 0.1) is 6.61 Å². The number of carboxylic acids is 2. The van der Waals surface area contributed by atoms with Gasteiger partial charge >= 0.3 is 11.9 Å². The second-order valence-corrected chi connectivity index (χ2v) is 7.56.